The molecular weight excluding hydrogens is 273 g/mol. The number of piperazine rings is 1. The Kier molecular flexibility index (Phi) is 4.55. The van der Waals surface area contributed by atoms with Gasteiger partial charge >= 0.3 is 0 Å². The summed E-state index contributed by atoms with van der Waals surface area (Å²) in [6.07, 6.45) is 0. The molecule has 6 heteroatoms. The molecule has 0 atom stereocenters. The summed E-state index contributed by atoms with van der Waals surface area (Å²) < 4.78 is 14.0. The van der Waals surface area contributed by atoms with Gasteiger partial charge in [0.2, 0.25) is 11.8 Å². The van der Waals surface area contributed by atoms with Gasteiger partial charge in [0.15, 0.2) is 0 Å². The SMILES string of the molecule is CN1CC(=O)N(Cc2ccc(C#CCN)cc2F)CC1=O. The molecule has 1 fully saturated rings. The van der Waals surface area contributed by atoms with Crippen molar-refractivity contribution in [2.75, 3.05) is 26.7 Å². The molecular formula is C15H16FN3O2. The van der Waals surface area contributed by atoms with E-state index in [1.807, 2.05) is 0 Å². The Labute approximate surface area is 122 Å². The van der Waals surface area contributed by atoms with E-state index in [2.05, 4.69) is 11.8 Å². The average Bonchev–Trinajstić information content (AvgIpc) is 2.45. The first-order valence-corrected chi connectivity index (χ1v) is 6.50. The van der Waals surface area contributed by atoms with Gasteiger partial charge in [0.1, 0.15) is 12.4 Å². The van der Waals surface area contributed by atoms with E-state index < -0.39 is 5.82 Å². The molecule has 0 saturated carbocycles. The topological polar surface area (TPSA) is 66.6 Å². The molecule has 21 heavy (non-hydrogen) atoms. The highest BCUT2D eigenvalue weighted by Gasteiger charge is 2.27. The molecule has 110 valence electrons. The van der Waals surface area contributed by atoms with Crippen LogP contribution in [0.5, 0.6) is 0 Å². The minimum Gasteiger partial charge on any atom is -0.335 e. The molecule has 2 amide bonds. The number of nitrogens with zero attached hydrogens (tertiary/aromatic N) is 2. The van der Waals surface area contributed by atoms with Crippen LogP contribution in [0.3, 0.4) is 0 Å². The van der Waals surface area contributed by atoms with E-state index in [9.17, 15) is 14.0 Å². The first-order valence-electron chi connectivity index (χ1n) is 6.50. The Morgan fingerprint density at radius 1 is 1.29 bits per heavy atom. The lowest BCUT2D eigenvalue weighted by Crippen LogP contribution is -2.51. The normalized spacial score (nSPS) is 15.0. The van der Waals surface area contributed by atoms with E-state index >= 15 is 0 Å². The third-order valence-electron chi connectivity index (χ3n) is 3.23. The zero-order valence-corrected chi connectivity index (χ0v) is 11.7. The maximum Gasteiger partial charge on any atom is 0.242 e. The lowest BCUT2D eigenvalue weighted by molar-refractivity contribution is -0.149. The van der Waals surface area contributed by atoms with Crippen molar-refractivity contribution in [1.82, 2.24) is 9.80 Å². The number of amides is 2. The smallest absolute Gasteiger partial charge is 0.242 e. The van der Waals surface area contributed by atoms with Gasteiger partial charge in [-0.25, -0.2) is 4.39 Å². The maximum atomic E-state index is 14.0. The molecule has 1 aliphatic rings. The van der Waals surface area contributed by atoms with Crippen molar-refractivity contribution in [3.8, 4) is 11.8 Å². The maximum absolute atomic E-state index is 14.0. The van der Waals surface area contributed by atoms with Crippen LogP contribution >= 0.6 is 0 Å². The fraction of sp³-hybridized carbons (Fsp3) is 0.333. The summed E-state index contributed by atoms with van der Waals surface area (Å²) in [6.45, 7) is 0.292. The van der Waals surface area contributed by atoms with Crippen molar-refractivity contribution in [3.63, 3.8) is 0 Å². The van der Waals surface area contributed by atoms with Gasteiger partial charge < -0.3 is 15.5 Å². The minimum absolute atomic E-state index is 0.0243. The van der Waals surface area contributed by atoms with E-state index in [0.29, 0.717) is 11.1 Å². The second-order valence-corrected chi connectivity index (χ2v) is 4.81. The first kappa shape index (κ1) is 15.0. The van der Waals surface area contributed by atoms with E-state index in [-0.39, 0.29) is 38.0 Å². The van der Waals surface area contributed by atoms with Crippen LogP contribution in [0.1, 0.15) is 11.1 Å². The highest BCUT2D eigenvalue weighted by molar-refractivity contribution is 5.92. The van der Waals surface area contributed by atoms with Crippen LogP contribution in [0.15, 0.2) is 18.2 Å². The molecule has 0 aromatic heterocycles. The van der Waals surface area contributed by atoms with Gasteiger partial charge in [0, 0.05) is 24.7 Å². The summed E-state index contributed by atoms with van der Waals surface area (Å²) in [4.78, 5) is 26.2. The van der Waals surface area contributed by atoms with E-state index in [0.717, 1.165) is 0 Å². The van der Waals surface area contributed by atoms with Crippen LogP contribution < -0.4 is 5.73 Å². The van der Waals surface area contributed by atoms with Gasteiger partial charge in [0.25, 0.3) is 0 Å². The summed E-state index contributed by atoms with van der Waals surface area (Å²) in [7, 11) is 1.57. The lowest BCUT2D eigenvalue weighted by Gasteiger charge is -2.31. The Bertz CT molecular complexity index is 634. The predicted octanol–water partition coefficient (Wildman–Crippen LogP) is -0.0635. The van der Waals surface area contributed by atoms with Crippen molar-refractivity contribution in [3.05, 3.63) is 35.1 Å². The largest absolute Gasteiger partial charge is 0.335 e. The van der Waals surface area contributed by atoms with Gasteiger partial charge in [-0.2, -0.15) is 0 Å². The number of carbonyl (C=O) groups excluding carboxylic acids is 2. The van der Waals surface area contributed by atoms with Crippen molar-refractivity contribution in [2.45, 2.75) is 6.54 Å². The quantitative estimate of drug-likeness (QED) is 0.776. The molecule has 1 aromatic rings. The fourth-order valence-electron chi connectivity index (χ4n) is 2.02. The summed E-state index contributed by atoms with van der Waals surface area (Å²) in [5.41, 5.74) is 6.15. The number of rotatable bonds is 2. The van der Waals surface area contributed by atoms with E-state index in [1.54, 1.807) is 19.2 Å². The molecule has 2 N–H and O–H groups in total. The highest BCUT2D eigenvalue weighted by Crippen LogP contribution is 2.14. The van der Waals surface area contributed by atoms with Crippen molar-refractivity contribution >= 4 is 11.8 Å². The van der Waals surface area contributed by atoms with Gasteiger partial charge in [-0.15, -0.1) is 0 Å². The van der Waals surface area contributed by atoms with Crippen LogP contribution in [-0.4, -0.2) is 48.3 Å². The molecule has 0 unspecified atom stereocenters. The summed E-state index contributed by atoms with van der Waals surface area (Å²) in [5, 5.41) is 0. The molecule has 1 aliphatic heterocycles. The third-order valence-corrected chi connectivity index (χ3v) is 3.23. The van der Waals surface area contributed by atoms with E-state index in [4.69, 9.17) is 5.73 Å². The average molecular weight is 289 g/mol. The molecule has 2 rings (SSSR count). The van der Waals surface area contributed by atoms with Crippen LogP contribution in [0, 0.1) is 17.7 Å². The predicted molar refractivity (Wildman–Crippen MR) is 75.4 cm³/mol. The lowest BCUT2D eigenvalue weighted by atomic mass is 10.1. The Morgan fingerprint density at radius 2 is 2.05 bits per heavy atom. The zero-order chi connectivity index (χ0) is 15.4. The fourth-order valence-corrected chi connectivity index (χ4v) is 2.02. The van der Waals surface area contributed by atoms with Gasteiger partial charge in [0.05, 0.1) is 13.1 Å². The molecule has 1 aromatic carbocycles. The van der Waals surface area contributed by atoms with Crippen LogP contribution in [0.2, 0.25) is 0 Å². The van der Waals surface area contributed by atoms with Gasteiger partial charge in [-0.3, -0.25) is 9.59 Å². The zero-order valence-electron chi connectivity index (χ0n) is 11.7. The first-order chi connectivity index (χ1) is 10.0. The molecule has 1 saturated heterocycles. The summed E-state index contributed by atoms with van der Waals surface area (Å²) in [6, 6.07) is 4.55. The van der Waals surface area contributed by atoms with Crippen molar-refractivity contribution in [2.24, 2.45) is 5.73 Å². The van der Waals surface area contributed by atoms with E-state index in [1.165, 1.54) is 15.9 Å². The van der Waals surface area contributed by atoms with Crippen LogP contribution in [0.4, 0.5) is 4.39 Å². The molecule has 1 heterocycles. The number of hydrogen-bond donors (Lipinski definition) is 1. The molecule has 0 aliphatic carbocycles. The Morgan fingerprint density at radius 3 is 2.71 bits per heavy atom. The monoisotopic (exact) mass is 289 g/mol. The minimum atomic E-state index is -0.446. The Balaban J connectivity index is 2.13. The van der Waals surface area contributed by atoms with Gasteiger partial charge in [-0.1, -0.05) is 17.9 Å². The second kappa shape index (κ2) is 6.37. The Hall–Kier alpha value is -2.39. The van der Waals surface area contributed by atoms with Crippen LogP contribution in [-0.2, 0) is 16.1 Å². The molecule has 5 nitrogen and oxygen atoms in total. The number of halogens is 1. The highest BCUT2D eigenvalue weighted by atomic mass is 19.1. The number of carbonyl (C=O) groups is 2. The second-order valence-electron chi connectivity index (χ2n) is 4.81. The standard InChI is InChI=1S/C15H16FN3O2/c1-18-9-15(21)19(10-14(18)20)8-12-5-4-11(3-2-6-17)7-13(12)16/h4-5,7H,6,8-10,17H2,1H3. The number of nitrogens with two attached hydrogens (primary N) is 1. The summed E-state index contributed by atoms with van der Waals surface area (Å²) in [5.74, 6) is 4.60. The molecule has 0 radical (unpaired) electrons. The van der Waals surface area contributed by atoms with Crippen molar-refractivity contribution < 1.29 is 14.0 Å². The molecule has 0 spiro atoms. The summed E-state index contributed by atoms with van der Waals surface area (Å²) >= 11 is 0. The molecule has 0 bridgehead atoms. The van der Waals surface area contributed by atoms with Gasteiger partial charge in [-0.05, 0) is 12.1 Å². The van der Waals surface area contributed by atoms with Crippen molar-refractivity contribution in [1.29, 1.82) is 0 Å². The van der Waals surface area contributed by atoms with Crippen LogP contribution in [0.25, 0.3) is 0 Å². The number of likely N-dealkylation sites (N-methyl/N-ethyl adjacent to an activating group) is 1. The third kappa shape index (κ3) is 3.58. The number of hydrogen-bond acceptors (Lipinski definition) is 3. The number of benzene rings is 1.